The average molecular weight is 656 g/mol. The molecule has 200 valence electrons. The lowest BCUT2D eigenvalue weighted by Crippen LogP contribution is -2.55. The van der Waals surface area contributed by atoms with Gasteiger partial charge < -0.3 is 0 Å². The Morgan fingerprint density at radius 1 is 0.485 bits per heavy atom. The molecule has 0 amide bonds. The van der Waals surface area contributed by atoms with E-state index in [2.05, 4.69) is 0 Å². The number of alkyl halides is 21. The van der Waals surface area contributed by atoms with Crippen molar-refractivity contribution in [3.05, 3.63) is 12.2 Å². The molecule has 0 fully saturated rings. The van der Waals surface area contributed by atoms with Crippen molar-refractivity contribution >= 4 is 22.6 Å². The van der Waals surface area contributed by atoms with Crippen LogP contribution in [0, 0.1) is 0 Å². The first-order valence-electron chi connectivity index (χ1n) is 6.96. The summed E-state index contributed by atoms with van der Waals surface area (Å²) in [7, 11) is 0. The van der Waals surface area contributed by atoms with Crippen LogP contribution in [0.2, 0.25) is 0 Å². The van der Waals surface area contributed by atoms with E-state index >= 15 is 0 Å². The minimum Gasteiger partial charge on any atom is -0.224 e. The Balaban J connectivity index is 0. The van der Waals surface area contributed by atoms with E-state index in [1.165, 1.54) is 0 Å². The molecule has 0 aromatic rings. The number of halogens is 21. The molecule has 21 heteroatoms. The van der Waals surface area contributed by atoms with Crippen LogP contribution < -0.4 is 0 Å². The summed E-state index contributed by atoms with van der Waals surface area (Å²) >= 11 is 0.288. The zero-order chi connectivity index (χ0) is 27.7. The molecule has 1 atom stereocenters. The highest BCUT2D eigenvalue weighted by atomic mass is 127. The van der Waals surface area contributed by atoms with Gasteiger partial charge in [0.1, 0.15) is 3.92 Å². The molecule has 0 saturated carbocycles. The van der Waals surface area contributed by atoms with Gasteiger partial charge in [-0.2, -0.15) is 79.0 Å². The van der Waals surface area contributed by atoms with Gasteiger partial charge in [-0.15, -0.1) is 0 Å². The van der Waals surface area contributed by atoms with Crippen LogP contribution in [0.3, 0.4) is 0 Å². The quantitative estimate of drug-likeness (QED) is 0.124. The monoisotopic (exact) mass is 656 g/mol. The van der Waals surface area contributed by atoms with Crippen molar-refractivity contribution in [2.75, 3.05) is 0 Å². The summed E-state index contributed by atoms with van der Waals surface area (Å²) in [5, 5.41) is 0. The molecule has 0 bridgehead atoms. The minimum atomic E-state index is -6.52. The second-order valence-electron chi connectivity index (χ2n) is 5.59. The summed E-state index contributed by atoms with van der Waals surface area (Å²) in [6, 6.07) is 0. The molecule has 0 aliphatic heterocycles. The summed E-state index contributed by atoms with van der Waals surface area (Å²) < 4.78 is 233. The van der Waals surface area contributed by atoms with Crippen molar-refractivity contribution in [3.63, 3.8) is 0 Å². The van der Waals surface area contributed by atoms with Gasteiger partial charge >= 0.3 is 48.4 Å². The molecule has 0 aromatic heterocycles. The fourth-order valence-corrected chi connectivity index (χ4v) is 1.92. The molecule has 0 rings (SSSR count). The van der Waals surface area contributed by atoms with E-state index < -0.39 is 70.9 Å². The molecule has 0 aromatic carbocycles. The SMILES string of the molecule is FC(F)(F)/C=C/C(F)(C(F)(F)F)C(F)(F)F.FC(F)(F)C(I)CC(F)(C(F)(F)F)C(F)(F)F. The smallest absolute Gasteiger partial charge is 0.224 e. The van der Waals surface area contributed by atoms with E-state index in [0.717, 1.165) is 0 Å². The molecule has 0 saturated heterocycles. The first-order valence-corrected chi connectivity index (χ1v) is 8.20. The highest BCUT2D eigenvalue weighted by molar-refractivity contribution is 14.1. The van der Waals surface area contributed by atoms with Crippen LogP contribution in [0.15, 0.2) is 12.2 Å². The summed E-state index contributed by atoms with van der Waals surface area (Å²) in [4.78, 5) is 0. The van der Waals surface area contributed by atoms with Crippen LogP contribution in [-0.4, -0.2) is 52.3 Å². The van der Waals surface area contributed by atoms with Crippen LogP contribution in [0.1, 0.15) is 6.42 Å². The van der Waals surface area contributed by atoms with Crippen LogP contribution >= 0.6 is 22.6 Å². The molecule has 0 aliphatic carbocycles. The molecule has 33 heavy (non-hydrogen) atoms. The minimum absolute atomic E-state index is 0.288. The highest BCUT2D eigenvalue weighted by Gasteiger charge is 2.74. The topological polar surface area (TPSA) is 0 Å². The summed E-state index contributed by atoms with van der Waals surface area (Å²) in [6.07, 6.45) is -42.6. The van der Waals surface area contributed by atoms with E-state index in [1.54, 1.807) is 0 Å². The van der Waals surface area contributed by atoms with E-state index in [1.807, 2.05) is 0 Å². The Morgan fingerprint density at radius 3 is 0.970 bits per heavy atom. The molecule has 0 spiro atoms. The third-order valence-electron chi connectivity index (χ3n) is 3.04. The Hall–Kier alpha value is -0.930. The zero-order valence-corrected chi connectivity index (χ0v) is 16.5. The van der Waals surface area contributed by atoms with Gasteiger partial charge in [0.15, 0.2) is 0 Å². The van der Waals surface area contributed by atoms with Crippen molar-refractivity contribution < 1.29 is 87.8 Å². The van der Waals surface area contributed by atoms with E-state index in [0.29, 0.717) is 0 Å². The van der Waals surface area contributed by atoms with E-state index in [4.69, 9.17) is 0 Å². The zero-order valence-electron chi connectivity index (χ0n) is 14.4. The van der Waals surface area contributed by atoms with Gasteiger partial charge in [0.25, 0.3) is 0 Å². The first-order chi connectivity index (χ1) is 13.8. The molecule has 0 nitrogen and oxygen atoms in total. The number of hydrogen-bond acceptors (Lipinski definition) is 0. The van der Waals surface area contributed by atoms with Crippen LogP contribution in [-0.2, 0) is 0 Å². The van der Waals surface area contributed by atoms with Gasteiger partial charge in [-0.3, -0.25) is 0 Å². The van der Waals surface area contributed by atoms with Crippen molar-refractivity contribution in [1.29, 1.82) is 0 Å². The van der Waals surface area contributed by atoms with Gasteiger partial charge in [-0.1, -0.05) is 22.6 Å². The van der Waals surface area contributed by atoms with Crippen molar-refractivity contribution in [2.24, 2.45) is 0 Å². The van der Waals surface area contributed by atoms with Crippen molar-refractivity contribution in [1.82, 2.24) is 0 Å². The fourth-order valence-electron chi connectivity index (χ4n) is 1.31. The van der Waals surface area contributed by atoms with E-state index in [9.17, 15) is 87.8 Å². The highest BCUT2D eigenvalue weighted by Crippen LogP contribution is 2.51. The van der Waals surface area contributed by atoms with Gasteiger partial charge in [-0.05, 0) is 6.08 Å². The lowest BCUT2D eigenvalue weighted by atomic mass is 9.98. The maximum absolute atomic E-state index is 12.8. The molecule has 0 N–H and O–H groups in total. The maximum atomic E-state index is 12.8. The average Bonchev–Trinajstić information content (AvgIpc) is 2.46. The molecular weight excluding hydrogens is 651 g/mol. The molecule has 1 unspecified atom stereocenters. The third kappa shape index (κ3) is 9.32. The molecular formula is C12H5F20I. The van der Waals surface area contributed by atoms with Gasteiger partial charge in [-0.25, -0.2) is 8.78 Å². The standard InChI is InChI=1S/C6H3F10I.C6H2F10/c7-3(5(11,12)13,6(14,15)16)1-2(17)4(8,9)10;7-3(5(11,12)13,6(14,15)16)1-2-4(8,9)10/h2H,1H2;1-2H/b;2-1+. The van der Waals surface area contributed by atoms with Crippen LogP contribution in [0.25, 0.3) is 0 Å². The van der Waals surface area contributed by atoms with Gasteiger partial charge in [0.2, 0.25) is 0 Å². The first kappa shape index (κ1) is 34.2. The fraction of sp³-hybridized carbons (Fsp3) is 0.833. The summed E-state index contributed by atoms with van der Waals surface area (Å²) in [5.74, 6) is 0. The number of rotatable bonds is 3. The maximum Gasteiger partial charge on any atom is 0.435 e. The number of hydrogen-bond donors (Lipinski definition) is 0. The van der Waals surface area contributed by atoms with Gasteiger partial charge in [0.05, 0.1) is 0 Å². The van der Waals surface area contributed by atoms with Crippen molar-refractivity contribution in [2.45, 2.75) is 58.7 Å². The number of allylic oxidation sites excluding steroid dienone is 2. The molecule has 0 heterocycles. The second kappa shape index (κ2) is 9.97. The predicted molar refractivity (Wildman–Crippen MR) is 75.6 cm³/mol. The largest absolute Gasteiger partial charge is 0.435 e. The van der Waals surface area contributed by atoms with Crippen molar-refractivity contribution in [3.8, 4) is 0 Å². The summed E-state index contributed by atoms with van der Waals surface area (Å²) in [5.41, 5.74) is -11.9. The second-order valence-corrected chi connectivity index (χ2v) is 7.10. The summed E-state index contributed by atoms with van der Waals surface area (Å²) in [6.45, 7) is 0. The molecule has 0 aliphatic rings. The lowest BCUT2D eigenvalue weighted by Gasteiger charge is -2.31. The van der Waals surface area contributed by atoms with Crippen LogP contribution in [0.5, 0.6) is 0 Å². The normalized spacial score (nSPS) is 16.5. The lowest BCUT2D eigenvalue weighted by molar-refractivity contribution is -0.345. The Morgan fingerprint density at radius 2 is 0.788 bits per heavy atom. The van der Waals surface area contributed by atoms with Crippen LogP contribution in [0.4, 0.5) is 87.8 Å². The van der Waals surface area contributed by atoms with E-state index in [-0.39, 0.29) is 22.6 Å². The third-order valence-corrected chi connectivity index (χ3v) is 4.19. The van der Waals surface area contributed by atoms with Gasteiger partial charge in [0, 0.05) is 12.5 Å². The predicted octanol–water partition coefficient (Wildman–Crippen LogP) is 8.51. The Kier molecular flexibility index (Phi) is 10.3. The Labute approximate surface area is 182 Å². The Bertz CT molecular complexity index is 609. The molecule has 0 radical (unpaired) electrons.